The second-order valence-corrected chi connectivity index (χ2v) is 7.92. The summed E-state index contributed by atoms with van der Waals surface area (Å²) in [6, 6.07) is -1.63. The second kappa shape index (κ2) is 10.5. The van der Waals surface area contributed by atoms with Crippen molar-refractivity contribution in [3.05, 3.63) is 35.3 Å². The zero-order chi connectivity index (χ0) is 24.1. The van der Waals surface area contributed by atoms with Crippen LogP contribution in [0.5, 0.6) is 0 Å². The first-order chi connectivity index (χ1) is 15.8. The third kappa shape index (κ3) is 4.84. The van der Waals surface area contributed by atoms with Crippen molar-refractivity contribution in [1.82, 2.24) is 9.80 Å². The van der Waals surface area contributed by atoms with Crippen LogP contribution in [-0.4, -0.2) is 72.4 Å². The van der Waals surface area contributed by atoms with Gasteiger partial charge >= 0.3 is 23.8 Å². The molecule has 178 valence electrons. The van der Waals surface area contributed by atoms with Crippen molar-refractivity contribution >= 4 is 29.7 Å². The largest absolute Gasteiger partial charge is 0.467 e. The molecule has 0 spiro atoms. The number of nitrogens with zero attached hydrogens (tertiary/aromatic N) is 3. The fourth-order valence-corrected chi connectivity index (χ4v) is 4.24. The smallest absolute Gasteiger partial charge is 0.397 e. The number of amides is 1. The van der Waals surface area contributed by atoms with Crippen LogP contribution >= 0.6 is 0 Å². The summed E-state index contributed by atoms with van der Waals surface area (Å²) in [5, 5.41) is 0. The van der Waals surface area contributed by atoms with Gasteiger partial charge in [-0.2, -0.15) is 0 Å². The molecule has 0 aromatic heterocycles. The highest BCUT2D eigenvalue weighted by atomic mass is 16.5. The quantitative estimate of drug-likeness (QED) is 0.347. The molecular formula is C23H29N3O7. The molecule has 1 atom stereocenters. The minimum absolute atomic E-state index is 0.0196. The number of methoxy groups -OCH3 is 2. The van der Waals surface area contributed by atoms with Crippen molar-refractivity contribution in [1.29, 1.82) is 0 Å². The van der Waals surface area contributed by atoms with Crippen LogP contribution < -0.4 is 0 Å². The topological polar surface area (TPSA) is 115 Å². The van der Waals surface area contributed by atoms with Crippen LogP contribution in [0.1, 0.15) is 46.0 Å². The summed E-state index contributed by atoms with van der Waals surface area (Å²) < 4.78 is 14.9. The van der Waals surface area contributed by atoms with E-state index >= 15 is 0 Å². The van der Waals surface area contributed by atoms with Gasteiger partial charge in [-0.25, -0.2) is 19.4 Å². The van der Waals surface area contributed by atoms with Gasteiger partial charge in [-0.1, -0.05) is 19.3 Å². The van der Waals surface area contributed by atoms with Gasteiger partial charge in [0.1, 0.15) is 11.4 Å². The fourth-order valence-electron chi connectivity index (χ4n) is 4.24. The number of fused-ring (bicyclic) bond motifs is 1. The highest BCUT2D eigenvalue weighted by Gasteiger charge is 2.46. The van der Waals surface area contributed by atoms with Crippen molar-refractivity contribution in [2.75, 3.05) is 20.8 Å². The van der Waals surface area contributed by atoms with Gasteiger partial charge in [0.25, 0.3) is 0 Å². The lowest BCUT2D eigenvalue weighted by Gasteiger charge is -2.40. The molecule has 2 aliphatic heterocycles. The lowest BCUT2D eigenvalue weighted by atomic mass is 9.93. The molecule has 3 rings (SSSR count). The first-order valence-electron chi connectivity index (χ1n) is 11.0. The Hall–Kier alpha value is -3.43. The van der Waals surface area contributed by atoms with E-state index < -0.39 is 29.9 Å². The molecule has 1 fully saturated rings. The first-order valence-corrected chi connectivity index (χ1v) is 11.0. The average molecular weight is 459 g/mol. The van der Waals surface area contributed by atoms with E-state index in [0.29, 0.717) is 18.7 Å². The predicted octanol–water partition coefficient (Wildman–Crippen LogP) is 1.82. The van der Waals surface area contributed by atoms with E-state index in [1.54, 1.807) is 25.3 Å². The summed E-state index contributed by atoms with van der Waals surface area (Å²) in [7, 11) is 2.38. The summed E-state index contributed by atoms with van der Waals surface area (Å²) in [4.78, 5) is 58.9. The van der Waals surface area contributed by atoms with Gasteiger partial charge in [0.05, 0.1) is 20.8 Å². The highest BCUT2D eigenvalue weighted by Crippen LogP contribution is 2.34. The maximum Gasteiger partial charge on any atom is 0.397 e. The van der Waals surface area contributed by atoms with E-state index in [1.165, 1.54) is 24.0 Å². The van der Waals surface area contributed by atoms with Crippen molar-refractivity contribution < 1.29 is 33.4 Å². The molecule has 0 N–H and O–H groups in total. The average Bonchev–Trinajstić information content (AvgIpc) is 2.83. The number of aliphatic imine (C=N–C) groups is 1. The minimum Gasteiger partial charge on any atom is -0.467 e. The van der Waals surface area contributed by atoms with Gasteiger partial charge in [-0.3, -0.25) is 9.69 Å². The number of hydrogen-bond acceptors (Lipinski definition) is 9. The SMILES string of the molecule is CCOC(=O)C(=O)N(C1=C(C(=O)OC)C(C(=O)OC)N2C=CC(C)=CC2=N1)C1CCCCC1. The maximum absolute atomic E-state index is 13.3. The van der Waals surface area contributed by atoms with Gasteiger partial charge < -0.3 is 19.1 Å². The molecule has 10 nitrogen and oxygen atoms in total. The fraction of sp³-hybridized carbons (Fsp3) is 0.522. The van der Waals surface area contributed by atoms with Gasteiger partial charge in [-0.05, 0) is 44.4 Å². The van der Waals surface area contributed by atoms with Crippen LogP contribution in [-0.2, 0) is 33.4 Å². The van der Waals surface area contributed by atoms with Crippen LogP contribution in [0.2, 0.25) is 0 Å². The summed E-state index contributed by atoms with van der Waals surface area (Å²) >= 11 is 0. The summed E-state index contributed by atoms with van der Waals surface area (Å²) in [5.41, 5.74) is 0.685. The number of allylic oxidation sites excluding steroid dienone is 2. The van der Waals surface area contributed by atoms with E-state index in [0.717, 1.165) is 24.8 Å². The van der Waals surface area contributed by atoms with E-state index in [1.807, 2.05) is 6.92 Å². The molecule has 1 saturated carbocycles. The Bertz CT molecular complexity index is 957. The number of rotatable bonds is 5. The molecule has 0 bridgehead atoms. The molecule has 0 saturated heterocycles. The van der Waals surface area contributed by atoms with Crippen molar-refractivity contribution in [2.24, 2.45) is 4.99 Å². The molecule has 0 radical (unpaired) electrons. The molecule has 3 aliphatic rings. The van der Waals surface area contributed by atoms with E-state index in [-0.39, 0.29) is 24.0 Å². The zero-order valence-corrected chi connectivity index (χ0v) is 19.3. The Morgan fingerprint density at radius 3 is 2.42 bits per heavy atom. The maximum atomic E-state index is 13.3. The predicted molar refractivity (Wildman–Crippen MR) is 117 cm³/mol. The minimum atomic E-state index is -1.24. The standard InChI is InChI=1S/C23H29N3O7/c1-5-33-23(30)20(27)26(15-9-7-6-8-10-15)19-17(21(28)31-3)18(22(29)32-4)25-12-11-14(2)13-16(25)24-19/h11-13,15,18H,5-10H2,1-4H3. The third-order valence-corrected chi connectivity index (χ3v) is 5.80. The molecule has 33 heavy (non-hydrogen) atoms. The third-order valence-electron chi connectivity index (χ3n) is 5.80. The van der Waals surface area contributed by atoms with Gasteiger partial charge in [0, 0.05) is 12.2 Å². The number of hydrogen-bond donors (Lipinski definition) is 0. The molecule has 1 aliphatic carbocycles. The van der Waals surface area contributed by atoms with Gasteiger partial charge in [0.2, 0.25) is 0 Å². The highest BCUT2D eigenvalue weighted by molar-refractivity contribution is 6.33. The van der Waals surface area contributed by atoms with E-state index in [4.69, 9.17) is 14.2 Å². The Balaban J connectivity index is 2.26. The van der Waals surface area contributed by atoms with Crippen LogP contribution in [0.3, 0.4) is 0 Å². The number of carbonyl (C=O) groups is 4. The lowest BCUT2D eigenvalue weighted by Crippen LogP contribution is -2.53. The van der Waals surface area contributed by atoms with Gasteiger partial charge in [-0.15, -0.1) is 0 Å². The van der Waals surface area contributed by atoms with Crippen LogP contribution in [0.15, 0.2) is 40.3 Å². The molecular weight excluding hydrogens is 430 g/mol. The Morgan fingerprint density at radius 1 is 1.12 bits per heavy atom. The number of carbonyl (C=O) groups excluding carboxylic acids is 4. The summed E-state index contributed by atoms with van der Waals surface area (Å²) in [6.07, 6.45) is 9.04. The molecule has 1 unspecified atom stereocenters. The van der Waals surface area contributed by atoms with Crippen molar-refractivity contribution in [2.45, 2.75) is 58.0 Å². The number of ether oxygens (including phenoxy) is 3. The Morgan fingerprint density at radius 2 is 1.82 bits per heavy atom. The normalized spacial score (nSPS) is 20.4. The molecule has 0 aromatic rings. The second-order valence-electron chi connectivity index (χ2n) is 7.92. The van der Waals surface area contributed by atoms with Crippen LogP contribution in [0.25, 0.3) is 0 Å². The van der Waals surface area contributed by atoms with E-state index in [9.17, 15) is 19.2 Å². The molecule has 10 heteroatoms. The van der Waals surface area contributed by atoms with Crippen LogP contribution in [0.4, 0.5) is 0 Å². The van der Waals surface area contributed by atoms with Crippen LogP contribution in [0, 0.1) is 0 Å². The number of amidine groups is 1. The molecule has 1 amide bonds. The molecule has 0 aromatic carbocycles. The monoisotopic (exact) mass is 459 g/mol. The van der Waals surface area contributed by atoms with Crippen molar-refractivity contribution in [3.63, 3.8) is 0 Å². The zero-order valence-electron chi connectivity index (χ0n) is 19.3. The Kier molecular flexibility index (Phi) is 7.67. The van der Waals surface area contributed by atoms with Gasteiger partial charge in [0.15, 0.2) is 11.9 Å². The van der Waals surface area contributed by atoms with E-state index in [2.05, 4.69) is 4.99 Å². The summed E-state index contributed by atoms with van der Waals surface area (Å²) in [6.45, 7) is 3.47. The summed E-state index contributed by atoms with van der Waals surface area (Å²) in [5.74, 6) is -3.32. The number of esters is 3. The Labute approximate surface area is 192 Å². The molecule has 2 heterocycles. The lowest BCUT2D eigenvalue weighted by molar-refractivity contribution is -0.160. The van der Waals surface area contributed by atoms with Crippen molar-refractivity contribution in [3.8, 4) is 0 Å². The first kappa shape index (κ1) is 24.2.